The van der Waals surface area contributed by atoms with E-state index in [1.165, 1.54) is 0 Å². The van der Waals surface area contributed by atoms with Gasteiger partial charge in [-0.15, -0.1) is 0 Å². The van der Waals surface area contributed by atoms with E-state index in [9.17, 15) is 13.2 Å². The topological polar surface area (TPSA) is 71.1 Å². The maximum Gasteiger partial charge on any atom is 0.396 e. The van der Waals surface area contributed by atoms with E-state index >= 15 is 0 Å². The van der Waals surface area contributed by atoms with Crippen LogP contribution < -0.4 is 17.1 Å². The van der Waals surface area contributed by atoms with Crippen LogP contribution in [0.3, 0.4) is 0 Å². The number of carbonyl (C=O) groups excluding carboxylic acids is 1. The smallest absolute Gasteiger partial charge is 0.396 e. The van der Waals surface area contributed by atoms with Gasteiger partial charge in [0, 0.05) is 19.9 Å². The molecular formula is C7H15ClN2O3S. The monoisotopic (exact) mass is 242 g/mol. The predicted octanol–water partition coefficient (Wildman–Crippen LogP) is -4.17. The summed E-state index contributed by atoms with van der Waals surface area (Å²) < 4.78 is 24.9. The molecule has 1 aliphatic heterocycles. The Balaban J connectivity index is 0.00000169. The third-order valence-corrected chi connectivity index (χ3v) is 4.31. The van der Waals surface area contributed by atoms with Crippen molar-refractivity contribution in [3.63, 3.8) is 0 Å². The van der Waals surface area contributed by atoms with Crippen molar-refractivity contribution in [2.75, 3.05) is 6.54 Å². The van der Waals surface area contributed by atoms with E-state index in [4.69, 9.17) is 0 Å². The van der Waals surface area contributed by atoms with E-state index in [2.05, 4.69) is 0 Å². The summed E-state index contributed by atoms with van der Waals surface area (Å²) >= 11 is 0. The first-order valence-corrected chi connectivity index (χ1v) is 5.81. The largest absolute Gasteiger partial charge is 1.00 e. The fourth-order valence-corrected chi connectivity index (χ4v) is 3.25. The van der Waals surface area contributed by atoms with Crippen LogP contribution in [0.2, 0.25) is 0 Å². The number of rotatable bonds is 2. The number of likely N-dealkylation sites (N-methyl/N-ethyl adjacent to an activating group) is 1. The summed E-state index contributed by atoms with van der Waals surface area (Å²) in [4.78, 5) is 11.6. The van der Waals surface area contributed by atoms with Gasteiger partial charge in [0.25, 0.3) is 0 Å². The van der Waals surface area contributed by atoms with Crippen LogP contribution in [0.4, 0.5) is 0 Å². The summed E-state index contributed by atoms with van der Waals surface area (Å²) in [5, 5.41) is 0. The lowest BCUT2D eigenvalue weighted by molar-refractivity contribution is -0.559. The van der Waals surface area contributed by atoms with Crippen molar-refractivity contribution >= 4 is 16.1 Å². The van der Waals surface area contributed by atoms with Crippen molar-refractivity contribution in [3.05, 3.63) is 0 Å². The zero-order valence-electron chi connectivity index (χ0n) is 8.45. The van der Waals surface area contributed by atoms with Crippen LogP contribution in [-0.2, 0) is 15.0 Å². The molecule has 0 aromatic heterocycles. The molecule has 14 heavy (non-hydrogen) atoms. The molecule has 0 aromatic carbocycles. The lowest BCUT2D eigenvalue weighted by Gasteiger charge is -2.12. The molecule has 7 heteroatoms. The molecule has 1 fully saturated rings. The second-order valence-corrected chi connectivity index (χ2v) is 5.11. The highest BCUT2D eigenvalue weighted by atomic mass is 35.5. The van der Waals surface area contributed by atoms with Gasteiger partial charge in [-0.1, -0.05) is 6.92 Å². The van der Waals surface area contributed by atoms with Crippen molar-refractivity contribution < 1.29 is 30.3 Å². The van der Waals surface area contributed by atoms with Crippen LogP contribution in [0.25, 0.3) is 0 Å². The second-order valence-electron chi connectivity index (χ2n) is 3.40. The molecule has 0 aliphatic carbocycles. The Hall–Kier alpha value is -0.330. The third kappa shape index (κ3) is 1.87. The molecule has 0 saturated carbocycles. The van der Waals surface area contributed by atoms with Crippen LogP contribution >= 0.6 is 0 Å². The number of amides is 1. The van der Waals surface area contributed by atoms with E-state index in [1.807, 2.05) is 6.92 Å². The molecule has 0 bridgehead atoms. The van der Waals surface area contributed by atoms with E-state index in [0.717, 1.165) is 9.03 Å². The standard InChI is InChI=1S/C7H14N2O3S.ClH/c1-4-7(3)6(10)9(5-2)13(11,12)8-7;/h8H,4-5H2,1-3H3;1H. The maximum atomic E-state index is 11.6. The van der Waals surface area contributed by atoms with Gasteiger partial charge in [-0.25, -0.2) is 4.72 Å². The summed E-state index contributed by atoms with van der Waals surface area (Å²) in [5.74, 6) is -0.308. The number of hydrogen-bond acceptors (Lipinski definition) is 3. The van der Waals surface area contributed by atoms with E-state index in [-0.39, 0.29) is 24.9 Å². The number of halogens is 1. The van der Waals surface area contributed by atoms with Gasteiger partial charge >= 0.3 is 16.1 Å². The maximum absolute atomic E-state index is 11.6. The quantitative estimate of drug-likeness (QED) is 0.534. The number of nitrogens with zero attached hydrogens (tertiary/aromatic N) is 1. The highest BCUT2D eigenvalue weighted by Gasteiger charge is 2.54. The van der Waals surface area contributed by atoms with E-state index < -0.39 is 15.7 Å². The van der Waals surface area contributed by atoms with Crippen LogP contribution in [0.1, 0.15) is 27.2 Å². The zero-order chi connectivity index (χ0) is 10.3. The normalized spacial score (nSPS) is 30.2. The Kier molecular flexibility index (Phi) is 3.94. The molecule has 1 unspecified atom stereocenters. The summed E-state index contributed by atoms with van der Waals surface area (Å²) in [7, 11) is -3.45. The summed E-state index contributed by atoms with van der Waals surface area (Å²) in [6.07, 6.45) is 0.515. The summed E-state index contributed by atoms with van der Waals surface area (Å²) in [6, 6.07) is 0. The lowest BCUT2D eigenvalue weighted by atomic mass is 10.00. The van der Waals surface area contributed by atoms with Gasteiger partial charge in [-0.3, -0.25) is 4.79 Å². The first-order valence-electron chi connectivity index (χ1n) is 4.30. The molecule has 1 rings (SSSR count). The average molecular weight is 243 g/mol. The molecule has 0 aromatic rings. The summed E-state index contributed by atoms with van der Waals surface area (Å²) in [5.41, 5.74) is -0.825. The van der Waals surface area contributed by atoms with Crippen molar-refractivity contribution in [2.24, 2.45) is 0 Å². The Labute approximate surface area is 90.4 Å². The van der Waals surface area contributed by atoms with Gasteiger partial charge in [0.1, 0.15) is 0 Å². The van der Waals surface area contributed by atoms with Gasteiger partial charge in [0.15, 0.2) is 5.54 Å². The van der Waals surface area contributed by atoms with Crippen molar-refractivity contribution in [1.82, 2.24) is 4.31 Å². The predicted molar refractivity (Wildman–Crippen MR) is 46.9 cm³/mol. The minimum absolute atomic E-state index is 0. The number of nitrogens with two attached hydrogens (primary N) is 1. The average Bonchev–Trinajstić information content (AvgIpc) is 2.20. The SMILES string of the molecule is CCN1C(=O)C(C)(CC)[NH2+]S1(=O)=O.[Cl-]. The minimum atomic E-state index is -3.45. The van der Waals surface area contributed by atoms with Gasteiger partial charge in [0.2, 0.25) is 0 Å². The number of hydrogen-bond donors (Lipinski definition) is 1. The first-order chi connectivity index (χ1) is 5.87. The van der Waals surface area contributed by atoms with E-state index in [1.54, 1.807) is 13.8 Å². The van der Waals surface area contributed by atoms with Gasteiger partial charge in [-0.05, 0) is 6.92 Å². The zero-order valence-corrected chi connectivity index (χ0v) is 10.0. The summed E-state index contributed by atoms with van der Waals surface area (Å²) in [6.45, 7) is 5.34. The molecule has 84 valence electrons. The van der Waals surface area contributed by atoms with Crippen LogP contribution in [0, 0.1) is 0 Å². The highest BCUT2D eigenvalue weighted by molar-refractivity contribution is 7.83. The number of carbonyl (C=O) groups is 1. The fourth-order valence-electron chi connectivity index (χ4n) is 1.40. The third-order valence-electron chi connectivity index (χ3n) is 2.45. The molecule has 1 aliphatic rings. The Morgan fingerprint density at radius 2 is 1.93 bits per heavy atom. The molecule has 1 heterocycles. The van der Waals surface area contributed by atoms with Gasteiger partial charge in [0.05, 0.1) is 0 Å². The van der Waals surface area contributed by atoms with Crippen LogP contribution in [0.15, 0.2) is 0 Å². The van der Waals surface area contributed by atoms with Crippen molar-refractivity contribution in [3.8, 4) is 0 Å². The second kappa shape index (κ2) is 4.04. The molecule has 1 amide bonds. The Morgan fingerprint density at radius 3 is 2.14 bits per heavy atom. The number of quaternary nitrogens is 1. The van der Waals surface area contributed by atoms with Gasteiger partial charge in [-0.2, -0.15) is 12.7 Å². The molecule has 1 atom stereocenters. The van der Waals surface area contributed by atoms with Crippen LogP contribution in [-0.4, -0.2) is 30.7 Å². The lowest BCUT2D eigenvalue weighted by Crippen LogP contribution is -3.00. The van der Waals surface area contributed by atoms with Crippen molar-refractivity contribution in [1.29, 1.82) is 0 Å². The molecule has 0 spiro atoms. The Bertz CT molecular complexity index is 330. The van der Waals surface area contributed by atoms with Crippen LogP contribution in [0.5, 0.6) is 0 Å². The van der Waals surface area contributed by atoms with Crippen molar-refractivity contribution in [2.45, 2.75) is 32.7 Å². The fraction of sp³-hybridized carbons (Fsp3) is 0.857. The molecule has 0 radical (unpaired) electrons. The minimum Gasteiger partial charge on any atom is -1.00 e. The molecule has 2 N–H and O–H groups in total. The van der Waals surface area contributed by atoms with E-state index in [0.29, 0.717) is 6.42 Å². The first kappa shape index (κ1) is 13.7. The highest BCUT2D eigenvalue weighted by Crippen LogP contribution is 2.16. The molecular weight excluding hydrogens is 228 g/mol. The Morgan fingerprint density at radius 1 is 1.43 bits per heavy atom. The molecule has 1 saturated heterocycles. The molecule has 5 nitrogen and oxygen atoms in total. The van der Waals surface area contributed by atoms with Gasteiger partial charge < -0.3 is 12.4 Å².